The average Bonchev–Trinajstić information content (AvgIpc) is 2.56. The number of nitrogens with zero attached hydrogens (tertiary/aromatic N) is 1. The van der Waals surface area contributed by atoms with E-state index in [1.54, 1.807) is 32.3 Å². The highest BCUT2D eigenvalue weighted by Crippen LogP contribution is 2.27. The molecule has 0 aliphatic heterocycles. The van der Waals surface area contributed by atoms with Crippen LogP contribution in [0.5, 0.6) is 5.75 Å². The third-order valence-corrected chi connectivity index (χ3v) is 5.78. The summed E-state index contributed by atoms with van der Waals surface area (Å²) in [6.07, 6.45) is 0. The Bertz CT molecular complexity index is 878. The van der Waals surface area contributed by atoms with Gasteiger partial charge in [0.1, 0.15) is 5.75 Å². The minimum absolute atomic E-state index is 0.0760. The lowest BCUT2D eigenvalue weighted by atomic mass is 10.1. The largest absolute Gasteiger partial charge is 0.435 e. The number of ether oxygens (including phenoxy) is 1. The van der Waals surface area contributed by atoms with E-state index in [0.29, 0.717) is 22.2 Å². The quantitative estimate of drug-likeness (QED) is 0.671. The zero-order valence-corrected chi connectivity index (χ0v) is 16.8. The van der Waals surface area contributed by atoms with Crippen LogP contribution >= 0.6 is 23.2 Å². The molecule has 0 amide bonds. The molecule has 0 aliphatic carbocycles. The second-order valence-electron chi connectivity index (χ2n) is 5.96. The number of nitrogens with one attached hydrogen (secondary N) is 1. The molecule has 2 rings (SSSR count). The summed E-state index contributed by atoms with van der Waals surface area (Å²) in [5.41, 5.74) is 0.638. The summed E-state index contributed by atoms with van der Waals surface area (Å²) in [7, 11) is -0.315. The summed E-state index contributed by atoms with van der Waals surface area (Å²) in [4.78, 5) is 1.74. The van der Waals surface area contributed by atoms with Crippen LogP contribution in [0.3, 0.4) is 0 Å². The Balaban J connectivity index is 2.28. The number of alkyl halides is 2. The molecule has 2 aromatic rings. The highest BCUT2D eigenvalue weighted by atomic mass is 35.5. The molecule has 0 aromatic heterocycles. The first-order chi connectivity index (χ1) is 12.6. The Morgan fingerprint density at radius 3 is 2.22 bits per heavy atom. The van der Waals surface area contributed by atoms with Crippen molar-refractivity contribution < 1.29 is 21.9 Å². The molecule has 0 bridgehead atoms. The molecule has 148 valence electrons. The minimum atomic E-state index is -3.92. The fourth-order valence-electron chi connectivity index (χ4n) is 2.36. The molecule has 0 spiro atoms. The van der Waals surface area contributed by atoms with Gasteiger partial charge in [0.25, 0.3) is 0 Å². The maximum Gasteiger partial charge on any atom is 0.387 e. The molecule has 2 aromatic carbocycles. The van der Waals surface area contributed by atoms with E-state index in [1.807, 2.05) is 4.90 Å². The zero-order chi connectivity index (χ0) is 20.2. The Kier molecular flexibility index (Phi) is 7.41. The van der Waals surface area contributed by atoms with Crippen molar-refractivity contribution in [3.05, 3.63) is 58.1 Å². The smallest absolute Gasteiger partial charge is 0.387 e. The first kappa shape index (κ1) is 21.8. The topological polar surface area (TPSA) is 58.6 Å². The lowest BCUT2D eigenvalue weighted by molar-refractivity contribution is -0.0498. The van der Waals surface area contributed by atoms with E-state index < -0.39 is 22.7 Å². The van der Waals surface area contributed by atoms with Crippen LogP contribution in [-0.4, -0.2) is 40.6 Å². The van der Waals surface area contributed by atoms with Crippen molar-refractivity contribution >= 4 is 33.2 Å². The van der Waals surface area contributed by atoms with Gasteiger partial charge in [-0.05, 0) is 56.1 Å². The van der Waals surface area contributed by atoms with Gasteiger partial charge in [0.05, 0.1) is 21.0 Å². The highest BCUT2D eigenvalue weighted by molar-refractivity contribution is 7.89. The number of likely N-dealkylation sites (N-methyl/N-ethyl adjacent to an activating group) is 1. The molecule has 5 nitrogen and oxygen atoms in total. The Hall–Kier alpha value is -1.45. The van der Waals surface area contributed by atoms with Crippen molar-refractivity contribution in [1.82, 2.24) is 9.62 Å². The minimum Gasteiger partial charge on any atom is -0.435 e. The van der Waals surface area contributed by atoms with Gasteiger partial charge in [0.2, 0.25) is 10.0 Å². The van der Waals surface area contributed by atoms with Crippen LogP contribution in [0.2, 0.25) is 10.0 Å². The van der Waals surface area contributed by atoms with E-state index in [0.717, 1.165) is 0 Å². The average molecular weight is 439 g/mol. The molecule has 0 fully saturated rings. The predicted molar refractivity (Wildman–Crippen MR) is 101 cm³/mol. The van der Waals surface area contributed by atoms with Gasteiger partial charge in [0, 0.05) is 6.54 Å². The maximum atomic E-state index is 12.7. The molecule has 27 heavy (non-hydrogen) atoms. The molecular formula is C17H18Cl2F2N2O3S. The number of hydrogen-bond acceptors (Lipinski definition) is 4. The fraction of sp³-hybridized carbons (Fsp3) is 0.294. The second kappa shape index (κ2) is 9.16. The third-order valence-electron chi connectivity index (χ3n) is 3.55. The molecule has 0 unspecified atom stereocenters. The molecule has 0 radical (unpaired) electrons. The lowest BCUT2D eigenvalue weighted by Crippen LogP contribution is -2.35. The maximum absolute atomic E-state index is 12.7. The number of sulfonamides is 1. The van der Waals surface area contributed by atoms with Crippen molar-refractivity contribution in [2.24, 2.45) is 0 Å². The van der Waals surface area contributed by atoms with Gasteiger partial charge in [-0.15, -0.1) is 0 Å². The van der Waals surface area contributed by atoms with Gasteiger partial charge < -0.3 is 9.64 Å². The first-order valence-corrected chi connectivity index (χ1v) is 9.99. The molecule has 10 heteroatoms. The van der Waals surface area contributed by atoms with Crippen LogP contribution in [-0.2, 0) is 10.0 Å². The van der Waals surface area contributed by atoms with E-state index in [4.69, 9.17) is 23.2 Å². The van der Waals surface area contributed by atoms with Crippen molar-refractivity contribution in [1.29, 1.82) is 0 Å². The van der Waals surface area contributed by atoms with Gasteiger partial charge in [0.15, 0.2) is 0 Å². The van der Waals surface area contributed by atoms with Crippen molar-refractivity contribution in [2.75, 3.05) is 20.6 Å². The fourth-order valence-corrected chi connectivity index (χ4v) is 3.88. The van der Waals surface area contributed by atoms with Crippen molar-refractivity contribution in [3.8, 4) is 5.75 Å². The van der Waals surface area contributed by atoms with E-state index in [9.17, 15) is 17.2 Å². The van der Waals surface area contributed by atoms with Crippen LogP contribution in [0.1, 0.15) is 11.6 Å². The summed E-state index contributed by atoms with van der Waals surface area (Å²) in [6, 6.07) is 9.00. The molecule has 1 N–H and O–H groups in total. The van der Waals surface area contributed by atoms with Crippen LogP contribution in [0.4, 0.5) is 8.78 Å². The highest BCUT2D eigenvalue weighted by Gasteiger charge is 2.23. The standard InChI is InChI=1S/C17H18Cl2F2N2O3S/c1-23(2)10-16(11-3-8-14(18)15(19)9-11)22-27(24,25)13-6-4-12(5-7-13)26-17(20)21/h3-9,16-17,22H,10H2,1-2H3/t16-/m1/s1. The zero-order valence-electron chi connectivity index (χ0n) is 14.5. The number of halogens is 4. The Labute approximate surface area is 166 Å². The summed E-state index contributed by atoms with van der Waals surface area (Å²) < 4.78 is 56.7. The van der Waals surface area contributed by atoms with E-state index >= 15 is 0 Å². The summed E-state index contributed by atoms with van der Waals surface area (Å²) in [5, 5.41) is 0.673. The third kappa shape index (κ3) is 6.29. The number of rotatable bonds is 8. The summed E-state index contributed by atoms with van der Waals surface area (Å²) in [5.74, 6) is -0.127. The van der Waals surface area contributed by atoms with Gasteiger partial charge >= 0.3 is 6.61 Å². The molecule has 0 saturated carbocycles. The van der Waals surface area contributed by atoms with Gasteiger partial charge in [-0.1, -0.05) is 29.3 Å². The molecule has 0 heterocycles. The van der Waals surface area contributed by atoms with Crippen LogP contribution in [0.15, 0.2) is 47.4 Å². The normalized spacial score (nSPS) is 13.2. The SMILES string of the molecule is CN(C)C[C@@H](NS(=O)(=O)c1ccc(OC(F)F)cc1)c1ccc(Cl)c(Cl)c1. The first-order valence-electron chi connectivity index (χ1n) is 7.75. The Morgan fingerprint density at radius 1 is 1.07 bits per heavy atom. The molecule has 1 atom stereocenters. The van der Waals surface area contributed by atoms with Gasteiger partial charge in [-0.2, -0.15) is 8.78 Å². The van der Waals surface area contributed by atoms with Gasteiger partial charge in [-0.3, -0.25) is 0 Å². The van der Waals surface area contributed by atoms with Crippen LogP contribution in [0, 0.1) is 0 Å². The molecule has 0 saturated heterocycles. The van der Waals surface area contributed by atoms with E-state index in [1.165, 1.54) is 24.3 Å². The Morgan fingerprint density at radius 2 is 1.70 bits per heavy atom. The van der Waals surface area contributed by atoms with E-state index in [2.05, 4.69) is 9.46 Å². The van der Waals surface area contributed by atoms with Crippen molar-refractivity contribution in [3.63, 3.8) is 0 Å². The summed E-state index contributed by atoms with van der Waals surface area (Å²) >= 11 is 12.0. The predicted octanol–water partition coefficient (Wildman–Crippen LogP) is 4.18. The van der Waals surface area contributed by atoms with Crippen molar-refractivity contribution in [2.45, 2.75) is 17.5 Å². The number of hydrogen-bond donors (Lipinski definition) is 1. The number of benzene rings is 2. The summed E-state index contributed by atoms with van der Waals surface area (Å²) in [6.45, 7) is -2.62. The molecular weight excluding hydrogens is 421 g/mol. The van der Waals surface area contributed by atoms with E-state index in [-0.39, 0.29) is 10.6 Å². The van der Waals surface area contributed by atoms with Gasteiger partial charge in [-0.25, -0.2) is 13.1 Å². The second-order valence-corrected chi connectivity index (χ2v) is 8.49. The lowest BCUT2D eigenvalue weighted by Gasteiger charge is -2.23. The molecule has 0 aliphatic rings. The van der Waals surface area contributed by atoms with Crippen LogP contribution in [0.25, 0.3) is 0 Å². The monoisotopic (exact) mass is 438 g/mol. The van der Waals surface area contributed by atoms with Crippen LogP contribution < -0.4 is 9.46 Å².